The molecule has 0 aromatic heterocycles. The van der Waals surface area contributed by atoms with Crippen LogP contribution in [-0.4, -0.2) is 41.7 Å². The monoisotopic (exact) mass is 310 g/mol. The van der Waals surface area contributed by atoms with E-state index in [1.54, 1.807) is 0 Å². The summed E-state index contributed by atoms with van der Waals surface area (Å²) in [5.41, 5.74) is 0.936. The van der Waals surface area contributed by atoms with Crippen LogP contribution in [0.4, 0.5) is 0 Å². The minimum atomic E-state index is 0.0332. The number of rotatable bonds is 7. The molecule has 1 unspecified atom stereocenters. The van der Waals surface area contributed by atoms with Gasteiger partial charge in [-0.3, -0.25) is 9.69 Å². The van der Waals surface area contributed by atoms with Gasteiger partial charge in [0, 0.05) is 24.2 Å². The molecular weight excluding hydrogens is 288 g/mol. The van der Waals surface area contributed by atoms with Crippen LogP contribution in [0, 0.1) is 0 Å². The zero-order valence-corrected chi connectivity index (χ0v) is 13.0. The topological polar surface area (TPSA) is 52.6 Å². The summed E-state index contributed by atoms with van der Waals surface area (Å²) in [5.74, 6) is 0.0332. The number of hydrogen-bond donors (Lipinski definition) is 2. The number of hydrogen-bond acceptors (Lipinski definition) is 3. The van der Waals surface area contributed by atoms with E-state index < -0.39 is 0 Å². The van der Waals surface area contributed by atoms with E-state index in [0.717, 1.165) is 37.8 Å². The zero-order chi connectivity index (χ0) is 15.1. The van der Waals surface area contributed by atoms with E-state index in [1.165, 1.54) is 0 Å². The Morgan fingerprint density at radius 1 is 1.43 bits per heavy atom. The number of aliphatic hydroxyl groups excluding tert-OH is 1. The lowest BCUT2D eigenvalue weighted by Gasteiger charge is -2.23. The maximum absolute atomic E-state index is 12.1. The third kappa shape index (κ3) is 4.99. The summed E-state index contributed by atoms with van der Waals surface area (Å²) in [5, 5.41) is 12.5. The van der Waals surface area contributed by atoms with Gasteiger partial charge in [0.15, 0.2) is 0 Å². The second-order valence-electron chi connectivity index (χ2n) is 5.50. The molecule has 0 saturated carbocycles. The van der Waals surface area contributed by atoms with Gasteiger partial charge in [-0.1, -0.05) is 29.8 Å². The molecule has 116 valence electrons. The Kier molecular flexibility index (Phi) is 6.49. The molecule has 0 radical (unpaired) electrons. The molecule has 4 nitrogen and oxygen atoms in total. The van der Waals surface area contributed by atoms with Gasteiger partial charge >= 0.3 is 0 Å². The van der Waals surface area contributed by atoms with Crippen LogP contribution in [0.5, 0.6) is 0 Å². The summed E-state index contributed by atoms with van der Waals surface area (Å²) in [7, 11) is 0. The summed E-state index contributed by atoms with van der Waals surface area (Å²) in [6.45, 7) is 2.09. The quantitative estimate of drug-likeness (QED) is 0.812. The van der Waals surface area contributed by atoms with Crippen molar-refractivity contribution >= 4 is 17.5 Å². The number of carbonyl (C=O) groups excluding carboxylic acids is 1. The number of aliphatic hydroxyl groups is 1. The molecule has 1 aliphatic rings. The van der Waals surface area contributed by atoms with E-state index in [9.17, 15) is 4.79 Å². The lowest BCUT2D eigenvalue weighted by atomic mass is 10.1. The van der Waals surface area contributed by atoms with Gasteiger partial charge in [0.25, 0.3) is 0 Å². The van der Waals surface area contributed by atoms with Gasteiger partial charge in [0.2, 0.25) is 5.91 Å². The van der Waals surface area contributed by atoms with E-state index in [0.29, 0.717) is 24.2 Å². The summed E-state index contributed by atoms with van der Waals surface area (Å²) >= 11 is 6.07. The van der Waals surface area contributed by atoms with Crippen molar-refractivity contribution in [2.75, 3.05) is 19.7 Å². The highest BCUT2D eigenvalue weighted by molar-refractivity contribution is 6.31. The van der Waals surface area contributed by atoms with E-state index >= 15 is 0 Å². The first-order chi connectivity index (χ1) is 10.2. The minimum Gasteiger partial charge on any atom is -0.396 e. The molecule has 0 aliphatic carbocycles. The van der Waals surface area contributed by atoms with E-state index in [4.69, 9.17) is 16.7 Å². The van der Waals surface area contributed by atoms with Crippen molar-refractivity contribution in [3.63, 3.8) is 0 Å². The summed E-state index contributed by atoms with van der Waals surface area (Å²) in [4.78, 5) is 14.3. The van der Waals surface area contributed by atoms with Crippen molar-refractivity contribution in [1.82, 2.24) is 10.2 Å². The van der Waals surface area contributed by atoms with Crippen LogP contribution in [0.1, 0.15) is 31.2 Å². The number of nitrogens with one attached hydrogen (secondary N) is 1. The molecule has 2 rings (SSSR count). The van der Waals surface area contributed by atoms with Gasteiger partial charge in [-0.25, -0.2) is 0 Å². The second kappa shape index (κ2) is 8.37. The smallest absolute Gasteiger partial charge is 0.234 e. The highest BCUT2D eigenvalue weighted by Gasteiger charge is 2.25. The number of amides is 1. The van der Waals surface area contributed by atoms with Crippen LogP contribution in [0.2, 0.25) is 5.02 Å². The lowest BCUT2D eigenvalue weighted by molar-refractivity contribution is -0.122. The van der Waals surface area contributed by atoms with Crippen molar-refractivity contribution in [2.24, 2.45) is 0 Å². The van der Waals surface area contributed by atoms with Crippen molar-refractivity contribution in [3.8, 4) is 0 Å². The van der Waals surface area contributed by atoms with Crippen LogP contribution in [0.15, 0.2) is 24.3 Å². The fraction of sp³-hybridized carbons (Fsp3) is 0.562. The molecule has 1 aromatic carbocycles. The first kappa shape index (κ1) is 16.3. The molecule has 21 heavy (non-hydrogen) atoms. The molecule has 5 heteroatoms. The fourth-order valence-corrected chi connectivity index (χ4v) is 3.04. The zero-order valence-electron chi connectivity index (χ0n) is 12.2. The normalized spacial score (nSPS) is 18.9. The van der Waals surface area contributed by atoms with Gasteiger partial charge in [-0.15, -0.1) is 0 Å². The van der Waals surface area contributed by atoms with Crippen molar-refractivity contribution in [3.05, 3.63) is 34.9 Å². The molecule has 1 fully saturated rings. The standard InChI is InChI=1S/C16H23ClN2O2/c17-15-8-2-1-5-13(15)11-18-16(21)12-19-9-3-6-14(19)7-4-10-20/h1-2,5,8,14,20H,3-4,6-7,9-12H2,(H,18,21). The molecular formula is C16H23ClN2O2. The molecule has 2 N–H and O–H groups in total. The van der Waals surface area contributed by atoms with Crippen molar-refractivity contribution < 1.29 is 9.90 Å². The van der Waals surface area contributed by atoms with Crippen molar-refractivity contribution in [2.45, 2.75) is 38.3 Å². The van der Waals surface area contributed by atoms with Gasteiger partial charge in [0.05, 0.1) is 6.54 Å². The first-order valence-corrected chi connectivity index (χ1v) is 7.93. The second-order valence-corrected chi connectivity index (χ2v) is 5.91. The minimum absolute atomic E-state index is 0.0332. The average molecular weight is 311 g/mol. The number of likely N-dealkylation sites (tertiary alicyclic amines) is 1. The molecule has 0 bridgehead atoms. The summed E-state index contributed by atoms with van der Waals surface area (Å²) < 4.78 is 0. The molecule has 1 amide bonds. The van der Waals surface area contributed by atoms with Gasteiger partial charge in [-0.05, 0) is 43.9 Å². The largest absolute Gasteiger partial charge is 0.396 e. The Labute approximate surface area is 131 Å². The van der Waals surface area contributed by atoms with Crippen molar-refractivity contribution in [1.29, 1.82) is 0 Å². The maximum Gasteiger partial charge on any atom is 0.234 e. The van der Waals surface area contributed by atoms with Gasteiger partial charge in [0.1, 0.15) is 0 Å². The molecule has 0 spiro atoms. The Morgan fingerprint density at radius 2 is 2.24 bits per heavy atom. The SMILES string of the molecule is O=C(CN1CCCC1CCCO)NCc1ccccc1Cl. The van der Waals surface area contributed by atoms with Crippen LogP contribution >= 0.6 is 11.6 Å². The van der Waals surface area contributed by atoms with Gasteiger partial charge < -0.3 is 10.4 Å². The average Bonchev–Trinajstić information content (AvgIpc) is 2.91. The lowest BCUT2D eigenvalue weighted by Crippen LogP contribution is -2.39. The number of benzene rings is 1. The summed E-state index contributed by atoms with van der Waals surface area (Å²) in [6.07, 6.45) is 4.03. The Balaban J connectivity index is 1.77. The highest BCUT2D eigenvalue weighted by atomic mass is 35.5. The third-order valence-corrected chi connectivity index (χ3v) is 4.34. The van der Waals surface area contributed by atoms with Crippen LogP contribution < -0.4 is 5.32 Å². The predicted molar refractivity (Wildman–Crippen MR) is 84.2 cm³/mol. The summed E-state index contributed by atoms with van der Waals surface area (Å²) in [6, 6.07) is 7.97. The van der Waals surface area contributed by atoms with Crippen LogP contribution in [-0.2, 0) is 11.3 Å². The predicted octanol–water partition coefficient (Wildman–Crippen LogP) is 2.19. The molecule has 1 saturated heterocycles. The molecule has 1 heterocycles. The Morgan fingerprint density at radius 3 is 3.00 bits per heavy atom. The highest BCUT2D eigenvalue weighted by Crippen LogP contribution is 2.20. The third-order valence-electron chi connectivity index (χ3n) is 3.98. The number of carbonyl (C=O) groups is 1. The Bertz CT molecular complexity index is 467. The van der Waals surface area contributed by atoms with Gasteiger partial charge in [-0.2, -0.15) is 0 Å². The van der Waals surface area contributed by atoms with E-state index in [2.05, 4.69) is 10.2 Å². The van der Waals surface area contributed by atoms with E-state index in [-0.39, 0.29) is 12.5 Å². The van der Waals surface area contributed by atoms with Crippen LogP contribution in [0.25, 0.3) is 0 Å². The molecule has 1 atom stereocenters. The van der Waals surface area contributed by atoms with E-state index in [1.807, 2.05) is 24.3 Å². The first-order valence-electron chi connectivity index (χ1n) is 7.55. The fourth-order valence-electron chi connectivity index (χ4n) is 2.83. The number of halogens is 1. The molecule has 1 aromatic rings. The molecule has 1 aliphatic heterocycles. The maximum atomic E-state index is 12.1. The Hall–Kier alpha value is -1.10. The number of nitrogens with zero attached hydrogens (tertiary/aromatic N) is 1. The van der Waals surface area contributed by atoms with Crippen LogP contribution in [0.3, 0.4) is 0 Å².